The van der Waals surface area contributed by atoms with Crippen LogP contribution < -0.4 is 5.32 Å². The molecule has 5 heteroatoms. The SMILES string of the molecule is CC(=O)C1CCCN(CC(=O)NC2CCOCC2)C1. The number of Topliss-reactive ketones (excluding diaryl/α,β-unsaturated/α-hetero) is 1. The molecule has 0 bridgehead atoms. The second-order valence-electron chi connectivity index (χ2n) is 5.64. The van der Waals surface area contributed by atoms with Crippen LogP contribution in [0.3, 0.4) is 0 Å². The summed E-state index contributed by atoms with van der Waals surface area (Å²) in [6, 6.07) is 0.259. The van der Waals surface area contributed by atoms with Crippen molar-refractivity contribution in [1.29, 1.82) is 0 Å². The van der Waals surface area contributed by atoms with Gasteiger partial charge in [0, 0.05) is 31.7 Å². The number of amides is 1. The zero-order valence-electron chi connectivity index (χ0n) is 11.7. The minimum absolute atomic E-state index is 0.0797. The predicted octanol–water partition coefficient (Wildman–Crippen LogP) is 0.583. The molecule has 0 aromatic carbocycles. The number of hydrogen-bond acceptors (Lipinski definition) is 4. The highest BCUT2D eigenvalue weighted by molar-refractivity contribution is 5.80. The number of ether oxygens (including phenoxy) is 1. The summed E-state index contributed by atoms with van der Waals surface area (Å²) in [7, 11) is 0. The van der Waals surface area contributed by atoms with Gasteiger partial charge in [0.15, 0.2) is 0 Å². The van der Waals surface area contributed by atoms with E-state index < -0.39 is 0 Å². The quantitative estimate of drug-likeness (QED) is 0.810. The molecule has 2 rings (SSSR count). The second kappa shape index (κ2) is 7.01. The number of carbonyl (C=O) groups excluding carboxylic acids is 2. The van der Waals surface area contributed by atoms with Crippen LogP contribution in [0.5, 0.6) is 0 Å². The monoisotopic (exact) mass is 268 g/mol. The lowest BCUT2D eigenvalue weighted by atomic mass is 9.94. The highest BCUT2D eigenvalue weighted by Crippen LogP contribution is 2.17. The molecule has 2 fully saturated rings. The fourth-order valence-electron chi connectivity index (χ4n) is 2.85. The Morgan fingerprint density at radius 2 is 2.00 bits per heavy atom. The van der Waals surface area contributed by atoms with Crippen LogP contribution in [-0.2, 0) is 14.3 Å². The first-order valence-corrected chi connectivity index (χ1v) is 7.25. The molecule has 1 atom stereocenters. The van der Waals surface area contributed by atoms with Crippen LogP contribution in [0.4, 0.5) is 0 Å². The zero-order chi connectivity index (χ0) is 13.7. The molecule has 0 spiro atoms. The fraction of sp³-hybridized carbons (Fsp3) is 0.857. The number of hydrogen-bond donors (Lipinski definition) is 1. The lowest BCUT2D eigenvalue weighted by Crippen LogP contribution is -2.47. The van der Waals surface area contributed by atoms with E-state index in [1.165, 1.54) is 0 Å². The van der Waals surface area contributed by atoms with E-state index in [4.69, 9.17) is 4.74 Å². The van der Waals surface area contributed by atoms with E-state index in [0.717, 1.165) is 52.0 Å². The maximum atomic E-state index is 12.0. The predicted molar refractivity (Wildman–Crippen MR) is 71.8 cm³/mol. The minimum atomic E-state index is 0.0797. The van der Waals surface area contributed by atoms with Crippen molar-refractivity contribution in [2.24, 2.45) is 5.92 Å². The van der Waals surface area contributed by atoms with Gasteiger partial charge < -0.3 is 10.1 Å². The summed E-state index contributed by atoms with van der Waals surface area (Å²) in [5.74, 6) is 0.440. The van der Waals surface area contributed by atoms with E-state index >= 15 is 0 Å². The van der Waals surface area contributed by atoms with Crippen LogP contribution in [0, 0.1) is 5.92 Å². The maximum absolute atomic E-state index is 12.0. The van der Waals surface area contributed by atoms with Crippen LogP contribution >= 0.6 is 0 Å². The van der Waals surface area contributed by atoms with Crippen LogP contribution in [0.1, 0.15) is 32.6 Å². The summed E-state index contributed by atoms with van der Waals surface area (Å²) in [4.78, 5) is 25.5. The summed E-state index contributed by atoms with van der Waals surface area (Å²) in [5.41, 5.74) is 0. The minimum Gasteiger partial charge on any atom is -0.381 e. The van der Waals surface area contributed by atoms with E-state index in [0.29, 0.717) is 6.54 Å². The first kappa shape index (κ1) is 14.5. The molecule has 2 aliphatic heterocycles. The van der Waals surface area contributed by atoms with Crippen LogP contribution in [0.25, 0.3) is 0 Å². The van der Waals surface area contributed by atoms with Gasteiger partial charge in [0.1, 0.15) is 5.78 Å². The van der Waals surface area contributed by atoms with Crippen molar-refractivity contribution in [1.82, 2.24) is 10.2 Å². The fourth-order valence-corrected chi connectivity index (χ4v) is 2.85. The Kier molecular flexibility index (Phi) is 5.34. The van der Waals surface area contributed by atoms with Gasteiger partial charge in [0.05, 0.1) is 6.54 Å². The molecule has 0 saturated carbocycles. The van der Waals surface area contributed by atoms with Crippen molar-refractivity contribution in [2.45, 2.75) is 38.6 Å². The number of nitrogens with one attached hydrogen (secondary N) is 1. The van der Waals surface area contributed by atoms with Crippen molar-refractivity contribution in [2.75, 3.05) is 32.8 Å². The number of rotatable bonds is 4. The maximum Gasteiger partial charge on any atom is 0.234 e. The first-order valence-electron chi connectivity index (χ1n) is 7.25. The van der Waals surface area contributed by atoms with E-state index in [2.05, 4.69) is 10.2 Å². The van der Waals surface area contributed by atoms with E-state index in [1.807, 2.05) is 0 Å². The average Bonchev–Trinajstić information content (AvgIpc) is 2.40. The normalized spacial score (nSPS) is 26.1. The molecule has 0 aromatic heterocycles. The lowest BCUT2D eigenvalue weighted by Gasteiger charge is -2.31. The van der Waals surface area contributed by atoms with Crippen LogP contribution in [0.15, 0.2) is 0 Å². The standard InChI is InChI=1S/C14H24N2O3/c1-11(17)12-3-2-6-16(9-12)10-14(18)15-13-4-7-19-8-5-13/h12-13H,2-10H2,1H3,(H,15,18). The van der Waals surface area contributed by atoms with E-state index in [9.17, 15) is 9.59 Å². The molecular formula is C14H24N2O3. The summed E-state index contributed by atoms with van der Waals surface area (Å²) in [6.45, 7) is 5.20. The molecule has 0 aliphatic carbocycles. The molecular weight excluding hydrogens is 244 g/mol. The number of nitrogens with zero attached hydrogens (tertiary/aromatic N) is 1. The number of likely N-dealkylation sites (tertiary alicyclic amines) is 1. The van der Waals surface area contributed by atoms with Gasteiger partial charge in [-0.25, -0.2) is 0 Å². The number of piperidine rings is 1. The van der Waals surface area contributed by atoms with Gasteiger partial charge in [-0.15, -0.1) is 0 Å². The summed E-state index contributed by atoms with van der Waals surface area (Å²) in [6.07, 6.45) is 3.78. The Hall–Kier alpha value is -0.940. The highest BCUT2D eigenvalue weighted by atomic mass is 16.5. The summed E-state index contributed by atoms with van der Waals surface area (Å²) in [5, 5.41) is 3.06. The zero-order valence-corrected chi connectivity index (χ0v) is 11.7. The number of carbonyl (C=O) groups is 2. The van der Waals surface area contributed by atoms with Gasteiger partial charge in [-0.05, 0) is 39.2 Å². The topological polar surface area (TPSA) is 58.6 Å². The molecule has 2 aliphatic rings. The van der Waals surface area contributed by atoms with Gasteiger partial charge in [-0.1, -0.05) is 0 Å². The van der Waals surface area contributed by atoms with Gasteiger partial charge in [0.2, 0.25) is 5.91 Å². The third-order valence-electron chi connectivity index (χ3n) is 4.03. The Labute approximate surface area is 114 Å². The smallest absolute Gasteiger partial charge is 0.234 e. The summed E-state index contributed by atoms with van der Waals surface area (Å²) >= 11 is 0. The molecule has 1 amide bonds. The Balaban J connectivity index is 1.73. The molecule has 0 radical (unpaired) electrons. The molecule has 5 nitrogen and oxygen atoms in total. The first-order chi connectivity index (χ1) is 9.15. The van der Waals surface area contributed by atoms with Gasteiger partial charge in [0.25, 0.3) is 0 Å². The molecule has 1 N–H and O–H groups in total. The number of ketones is 1. The van der Waals surface area contributed by atoms with Crippen molar-refractivity contribution in [3.8, 4) is 0 Å². The second-order valence-corrected chi connectivity index (χ2v) is 5.64. The van der Waals surface area contributed by atoms with Gasteiger partial charge >= 0.3 is 0 Å². The molecule has 108 valence electrons. The van der Waals surface area contributed by atoms with Gasteiger partial charge in [-0.2, -0.15) is 0 Å². The average molecular weight is 268 g/mol. The van der Waals surface area contributed by atoms with E-state index in [-0.39, 0.29) is 23.7 Å². The molecule has 1 unspecified atom stereocenters. The van der Waals surface area contributed by atoms with Crippen LogP contribution in [-0.4, -0.2) is 55.5 Å². The lowest BCUT2D eigenvalue weighted by molar-refractivity contribution is -0.127. The Morgan fingerprint density at radius 1 is 1.26 bits per heavy atom. The van der Waals surface area contributed by atoms with Crippen molar-refractivity contribution >= 4 is 11.7 Å². The third-order valence-corrected chi connectivity index (χ3v) is 4.03. The highest BCUT2D eigenvalue weighted by Gasteiger charge is 2.25. The third kappa shape index (κ3) is 4.58. The Morgan fingerprint density at radius 3 is 2.68 bits per heavy atom. The van der Waals surface area contributed by atoms with Crippen LogP contribution in [0.2, 0.25) is 0 Å². The van der Waals surface area contributed by atoms with Crippen molar-refractivity contribution in [3.05, 3.63) is 0 Å². The summed E-state index contributed by atoms with van der Waals surface area (Å²) < 4.78 is 5.27. The Bertz CT molecular complexity index is 327. The van der Waals surface area contributed by atoms with Gasteiger partial charge in [-0.3, -0.25) is 14.5 Å². The molecule has 2 saturated heterocycles. The van der Waals surface area contributed by atoms with Crippen molar-refractivity contribution in [3.63, 3.8) is 0 Å². The molecule has 19 heavy (non-hydrogen) atoms. The molecule has 2 heterocycles. The largest absolute Gasteiger partial charge is 0.381 e. The molecule has 0 aromatic rings. The van der Waals surface area contributed by atoms with Crippen molar-refractivity contribution < 1.29 is 14.3 Å². The van der Waals surface area contributed by atoms with E-state index in [1.54, 1.807) is 6.92 Å².